The fraction of sp³-hybridized carbons (Fsp3) is 0.308. The summed E-state index contributed by atoms with van der Waals surface area (Å²) in [6.45, 7) is 2.82. The second-order valence-corrected chi connectivity index (χ2v) is 12.4. The molecular formula is C26H31Br3N10O6. The van der Waals surface area contributed by atoms with E-state index in [1.54, 1.807) is 24.5 Å². The van der Waals surface area contributed by atoms with Gasteiger partial charge in [0.2, 0.25) is 0 Å². The third-order valence-electron chi connectivity index (χ3n) is 6.46. The Hall–Kier alpha value is -4.10. The highest BCUT2D eigenvalue weighted by molar-refractivity contribution is 9.13. The molecule has 0 spiro atoms. The SMILES string of the molecule is CC(=O)O.CC(=O)O.Nc1ncc(C2c3nc(N)[nH]c3CC(CNC(=O)c3cc(Br)c[nH]3)C2CNC(=O)c2cc(Br)c(Br)[nH]2)[nH]1. The van der Waals surface area contributed by atoms with Gasteiger partial charge in [-0.3, -0.25) is 19.2 Å². The summed E-state index contributed by atoms with van der Waals surface area (Å²) in [5.41, 5.74) is 15.2. The second-order valence-electron chi connectivity index (χ2n) is 9.85. The first-order valence-corrected chi connectivity index (χ1v) is 15.5. The Balaban J connectivity index is 0.000000619. The lowest BCUT2D eigenvalue weighted by Crippen LogP contribution is -2.44. The number of rotatable bonds is 7. The number of nitrogen functional groups attached to an aromatic ring is 2. The second kappa shape index (κ2) is 15.8. The van der Waals surface area contributed by atoms with Gasteiger partial charge in [-0.25, -0.2) is 9.97 Å². The van der Waals surface area contributed by atoms with Crippen LogP contribution >= 0.6 is 47.8 Å². The van der Waals surface area contributed by atoms with Crippen LogP contribution in [0.25, 0.3) is 0 Å². The average Bonchev–Trinajstić information content (AvgIpc) is 3.72. The van der Waals surface area contributed by atoms with Crippen molar-refractivity contribution in [3.05, 3.63) is 66.5 Å². The summed E-state index contributed by atoms with van der Waals surface area (Å²) >= 11 is 10.1. The van der Waals surface area contributed by atoms with Crippen LogP contribution in [0.4, 0.5) is 11.9 Å². The van der Waals surface area contributed by atoms with E-state index in [1.165, 1.54) is 0 Å². The molecule has 1 aliphatic carbocycles. The number of carbonyl (C=O) groups excluding carboxylic acids is 2. The fourth-order valence-corrected chi connectivity index (χ4v) is 5.79. The number of halogens is 3. The molecular weight excluding hydrogens is 788 g/mol. The molecule has 0 aliphatic heterocycles. The van der Waals surface area contributed by atoms with Crippen LogP contribution in [0, 0.1) is 11.8 Å². The van der Waals surface area contributed by atoms with E-state index in [2.05, 4.69) is 88.3 Å². The maximum absolute atomic E-state index is 13.0. The molecule has 0 aromatic carbocycles. The topological polar surface area (TPSA) is 274 Å². The van der Waals surface area contributed by atoms with Crippen LogP contribution in [0.3, 0.4) is 0 Å². The number of amides is 2. The lowest BCUT2D eigenvalue weighted by atomic mass is 9.71. The highest BCUT2D eigenvalue weighted by Crippen LogP contribution is 2.42. The number of imidazole rings is 2. The molecule has 0 radical (unpaired) electrons. The molecule has 1 aliphatic rings. The summed E-state index contributed by atoms with van der Waals surface area (Å²) < 4.78 is 2.21. The molecule has 45 heavy (non-hydrogen) atoms. The summed E-state index contributed by atoms with van der Waals surface area (Å²) in [7, 11) is 0. The van der Waals surface area contributed by atoms with Crippen LogP contribution in [0.2, 0.25) is 0 Å². The number of anilines is 2. The number of carbonyl (C=O) groups is 4. The van der Waals surface area contributed by atoms with E-state index >= 15 is 0 Å². The van der Waals surface area contributed by atoms with E-state index in [4.69, 9.17) is 31.3 Å². The molecule has 3 atom stereocenters. The first kappa shape index (κ1) is 35.4. The molecule has 0 saturated heterocycles. The Bertz CT molecular complexity index is 1620. The molecule has 0 bridgehead atoms. The quantitative estimate of drug-likeness (QED) is 0.130. The van der Waals surface area contributed by atoms with E-state index < -0.39 is 11.9 Å². The van der Waals surface area contributed by atoms with Crippen LogP contribution < -0.4 is 22.1 Å². The minimum Gasteiger partial charge on any atom is -0.481 e. The maximum Gasteiger partial charge on any atom is 0.300 e. The zero-order chi connectivity index (χ0) is 33.4. The number of carboxylic acid groups (broad SMARTS) is 2. The van der Waals surface area contributed by atoms with Crippen LogP contribution in [-0.2, 0) is 16.0 Å². The fourth-order valence-electron chi connectivity index (χ4n) is 4.79. The number of aliphatic carboxylic acids is 2. The molecule has 4 heterocycles. The van der Waals surface area contributed by atoms with E-state index in [0.717, 1.165) is 39.9 Å². The molecule has 3 unspecified atom stereocenters. The summed E-state index contributed by atoms with van der Waals surface area (Å²) in [6.07, 6.45) is 3.94. The zero-order valence-corrected chi connectivity index (χ0v) is 28.6. The van der Waals surface area contributed by atoms with Crippen molar-refractivity contribution in [1.82, 2.24) is 40.5 Å². The van der Waals surface area contributed by atoms with Crippen LogP contribution in [-0.4, -0.2) is 77.0 Å². The van der Waals surface area contributed by atoms with Gasteiger partial charge in [0.15, 0.2) is 11.9 Å². The minimum absolute atomic E-state index is 0.0772. The number of nitrogens with two attached hydrogens (primary N) is 2. The number of hydrogen-bond acceptors (Lipinski definition) is 8. The normalized spacial score (nSPS) is 16.7. The van der Waals surface area contributed by atoms with Crippen molar-refractivity contribution in [3.63, 3.8) is 0 Å². The molecule has 2 amide bonds. The standard InChI is InChI=1S/C22H23Br3N10O2.2C2H4O2/c23-9-2-13(28-5-9)19(36)29-4-8-1-12-17(35-22(27)33-12)16(15-7-31-21(26)34-15)10(8)6-30-20(37)14-3-11(24)18(25)32-14;2*1-2(3)4/h2-3,5,7-8,10,16,28,32H,1,4,6H2,(H,29,36)(H,30,37)(H3,26,31,34)(H3,27,33,35);2*1H3,(H,3,4). The predicted octanol–water partition coefficient (Wildman–Crippen LogP) is 3.20. The Labute approximate surface area is 281 Å². The van der Waals surface area contributed by atoms with Crippen molar-refractivity contribution < 1.29 is 29.4 Å². The van der Waals surface area contributed by atoms with Crippen LogP contribution in [0.15, 0.2) is 38.1 Å². The van der Waals surface area contributed by atoms with Gasteiger partial charge in [0.05, 0.1) is 21.0 Å². The van der Waals surface area contributed by atoms with Gasteiger partial charge in [-0.05, 0) is 78.2 Å². The van der Waals surface area contributed by atoms with Gasteiger partial charge in [0.1, 0.15) is 11.4 Å². The largest absolute Gasteiger partial charge is 0.481 e. The Morgan fingerprint density at radius 1 is 0.933 bits per heavy atom. The number of H-pyrrole nitrogens is 4. The van der Waals surface area contributed by atoms with E-state index in [9.17, 15) is 9.59 Å². The van der Waals surface area contributed by atoms with Crippen molar-refractivity contribution in [2.45, 2.75) is 26.2 Å². The molecule has 4 aromatic heterocycles. The number of aromatic nitrogens is 6. The lowest BCUT2D eigenvalue weighted by molar-refractivity contribution is -0.135. The molecule has 19 heteroatoms. The van der Waals surface area contributed by atoms with Gasteiger partial charge in [0, 0.05) is 54.9 Å². The third kappa shape index (κ3) is 9.95. The predicted molar refractivity (Wildman–Crippen MR) is 174 cm³/mol. The lowest BCUT2D eigenvalue weighted by Gasteiger charge is -2.37. The molecule has 242 valence electrons. The van der Waals surface area contributed by atoms with Gasteiger partial charge in [0.25, 0.3) is 23.8 Å². The number of hydrogen-bond donors (Lipinski definition) is 10. The summed E-state index contributed by atoms with van der Waals surface area (Å²) in [6, 6.07) is 3.41. The highest BCUT2D eigenvalue weighted by atomic mass is 79.9. The monoisotopic (exact) mass is 816 g/mol. The number of aromatic amines is 4. The number of carboxylic acids is 2. The Kier molecular flexibility index (Phi) is 12.4. The Morgan fingerprint density at radius 2 is 1.56 bits per heavy atom. The van der Waals surface area contributed by atoms with Crippen molar-refractivity contribution in [1.29, 1.82) is 0 Å². The highest BCUT2D eigenvalue weighted by Gasteiger charge is 2.41. The molecule has 5 rings (SSSR count). The molecule has 0 saturated carbocycles. The molecule has 4 aromatic rings. The van der Waals surface area contributed by atoms with Gasteiger partial charge >= 0.3 is 0 Å². The number of nitrogens with zero attached hydrogens (tertiary/aromatic N) is 2. The third-order valence-corrected chi connectivity index (χ3v) is 8.70. The minimum atomic E-state index is -0.833. The average molecular weight is 819 g/mol. The van der Waals surface area contributed by atoms with Crippen LogP contribution in [0.5, 0.6) is 0 Å². The number of fused-ring (bicyclic) bond motifs is 1. The van der Waals surface area contributed by atoms with E-state index in [1.807, 2.05) is 0 Å². The van der Waals surface area contributed by atoms with Gasteiger partial charge in [-0.15, -0.1) is 0 Å². The van der Waals surface area contributed by atoms with Crippen molar-refractivity contribution >= 4 is 83.4 Å². The smallest absolute Gasteiger partial charge is 0.300 e. The molecule has 12 N–H and O–H groups in total. The van der Waals surface area contributed by atoms with Gasteiger partial charge in [-0.1, -0.05) is 0 Å². The van der Waals surface area contributed by atoms with Gasteiger partial charge in [-0.2, -0.15) is 0 Å². The van der Waals surface area contributed by atoms with Gasteiger partial charge < -0.3 is 52.2 Å². The van der Waals surface area contributed by atoms with Crippen molar-refractivity contribution in [3.8, 4) is 0 Å². The van der Waals surface area contributed by atoms with Crippen molar-refractivity contribution in [2.24, 2.45) is 11.8 Å². The molecule has 0 fully saturated rings. The first-order valence-electron chi connectivity index (χ1n) is 13.1. The van der Waals surface area contributed by atoms with Crippen LogP contribution in [0.1, 0.15) is 57.8 Å². The molecule has 16 nitrogen and oxygen atoms in total. The Morgan fingerprint density at radius 3 is 2.09 bits per heavy atom. The summed E-state index contributed by atoms with van der Waals surface area (Å²) in [5.74, 6) is -2.13. The van der Waals surface area contributed by atoms with E-state index in [0.29, 0.717) is 41.4 Å². The zero-order valence-electron chi connectivity index (χ0n) is 23.9. The first-order chi connectivity index (χ1) is 21.2. The summed E-state index contributed by atoms with van der Waals surface area (Å²) in [5, 5.41) is 20.9. The van der Waals surface area contributed by atoms with Crippen molar-refractivity contribution in [2.75, 3.05) is 24.6 Å². The number of nitrogens with one attached hydrogen (secondary N) is 6. The summed E-state index contributed by atoms with van der Waals surface area (Å²) in [4.78, 5) is 64.7. The maximum atomic E-state index is 13.0. The van der Waals surface area contributed by atoms with E-state index in [-0.39, 0.29) is 35.5 Å².